The highest BCUT2D eigenvalue weighted by Crippen LogP contribution is 2.32. The molecule has 0 spiro atoms. The SMILES string of the molecule is O=C(CCc1n[nH]c2c1CCCC2)N1CCCC1c1ccccc1. The molecule has 4 rings (SSSR count). The van der Waals surface area contributed by atoms with Crippen LogP contribution in [0.3, 0.4) is 0 Å². The number of fused-ring (bicyclic) bond motifs is 1. The summed E-state index contributed by atoms with van der Waals surface area (Å²) in [5.41, 5.74) is 5.07. The lowest BCUT2D eigenvalue weighted by Gasteiger charge is -2.25. The number of nitrogens with zero attached hydrogens (tertiary/aromatic N) is 2. The summed E-state index contributed by atoms with van der Waals surface area (Å²) < 4.78 is 0. The van der Waals surface area contributed by atoms with Crippen LogP contribution in [-0.2, 0) is 24.1 Å². The maximum Gasteiger partial charge on any atom is 0.223 e. The van der Waals surface area contributed by atoms with Gasteiger partial charge in [0.05, 0.1) is 11.7 Å². The van der Waals surface area contributed by atoms with Crippen LogP contribution in [0.5, 0.6) is 0 Å². The van der Waals surface area contributed by atoms with E-state index in [4.69, 9.17) is 0 Å². The van der Waals surface area contributed by atoms with E-state index >= 15 is 0 Å². The van der Waals surface area contributed by atoms with E-state index in [0.29, 0.717) is 6.42 Å². The van der Waals surface area contributed by atoms with Crippen LogP contribution in [-0.4, -0.2) is 27.5 Å². The second kappa shape index (κ2) is 6.80. The Hall–Kier alpha value is -2.10. The average Bonchev–Trinajstić information content (AvgIpc) is 3.28. The quantitative estimate of drug-likeness (QED) is 0.935. The van der Waals surface area contributed by atoms with E-state index in [-0.39, 0.29) is 11.9 Å². The topological polar surface area (TPSA) is 49.0 Å². The van der Waals surface area contributed by atoms with Gasteiger partial charge in [0.15, 0.2) is 0 Å². The van der Waals surface area contributed by atoms with Crippen molar-refractivity contribution in [3.05, 3.63) is 52.8 Å². The number of aromatic amines is 1. The molecule has 1 fully saturated rings. The smallest absolute Gasteiger partial charge is 0.223 e. The van der Waals surface area contributed by atoms with E-state index in [1.807, 2.05) is 6.07 Å². The van der Waals surface area contributed by atoms with Crippen molar-refractivity contribution in [2.45, 2.75) is 57.4 Å². The lowest BCUT2D eigenvalue weighted by Crippen LogP contribution is -2.30. The summed E-state index contributed by atoms with van der Waals surface area (Å²) in [5, 5.41) is 7.66. The fourth-order valence-electron chi connectivity index (χ4n) is 4.21. The van der Waals surface area contributed by atoms with Crippen LogP contribution >= 0.6 is 0 Å². The van der Waals surface area contributed by atoms with E-state index in [2.05, 4.69) is 39.4 Å². The molecule has 1 amide bonds. The van der Waals surface area contributed by atoms with Gasteiger partial charge in [0.2, 0.25) is 5.91 Å². The molecule has 1 unspecified atom stereocenters. The Kier molecular flexibility index (Phi) is 4.37. The molecule has 126 valence electrons. The summed E-state index contributed by atoms with van der Waals surface area (Å²) in [7, 11) is 0. The van der Waals surface area contributed by atoms with Crippen LogP contribution in [0.4, 0.5) is 0 Å². The number of hydrogen-bond donors (Lipinski definition) is 1. The molecule has 1 aliphatic heterocycles. The molecular weight excluding hydrogens is 298 g/mol. The lowest BCUT2D eigenvalue weighted by atomic mass is 9.94. The second-order valence-corrected chi connectivity index (χ2v) is 6.99. The number of carbonyl (C=O) groups is 1. The molecule has 1 aromatic carbocycles. The van der Waals surface area contributed by atoms with Crippen LogP contribution in [0.25, 0.3) is 0 Å². The molecule has 1 N–H and O–H groups in total. The molecule has 4 nitrogen and oxygen atoms in total. The van der Waals surface area contributed by atoms with Crippen LogP contribution in [0.2, 0.25) is 0 Å². The van der Waals surface area contributed by atoms with E-state index in [1.165, 1.54) is 29.7 Å². The average molecular weight is 323 g/mol. The molecule has 2 aliphatic rings. The van der Waals surface area contributed by atoms with E-state index < -0.39 is 0 Å². The van der Waals surface area contributed by atoms with Crippen molar-refractivity contribution in [3.63, 3.8) is 0 Å². The molecule has 4 heteroatoms. The number of aromatic nitrogens is 2. The summed E-state index contributed by atoms with van der Waals surface area (Å²) in [4.78, 5) is 14.9. The van der Waals surface area contributed by atoms with Gasteiger partial charge in [-0.25, -0.2) is 0 Å². The first-order valence-electron chi connectivity index (χ1n) is 9.22. The molecule has 1 aromatic heterocycles. The summed E-state index contributed by atoms with van der Waals surface area (Å²) >= 11 is 0. The number of hydrogen-bond acceptors (Lipinski definition) is 2. The summed E-state index contributed by atoms with van der Waals surface area (Å²) in [6.45, 7) is 0.886. The fraction of sp³-hybridized carbons (Fsp3) is 0.500. The molecule has 2 heterocycles. The van der Waals surface area contributed by atoms with Gasteiger partial charge in [-0.1, -0.05) is 30.3 Å². The highest BCUT2D eigenvalue weighted by molar-refractivity contribution is 5.77. The molecular formula is C20H25N3O. The maximum absolute atomic E-state index is 12.8. The lowest BCUT2D eigenvalue weighted by molar-refractivity contribution is -0.132. The zero-order valence-electron chi connectivity index (χ0n) is 14.1. The Bertz CT molecular complexity index is 707. The van der Waals surface area contributed by atoms with Gasteiger partial charge in [0.1, 0.15) is 0 Å². The Morgan fingerprint density at radius 1 is 1.17 bits per heavy atom. The standard InChI is InChI=1S/C20H25N3O/c24-20(13-12-18-16-9-4-5-10-17(16)21-22-18)23-14-6-11-19(23)15-7-2-1-3-8-15/h1-3,7-8,19H,4-6,9-14H2,(H,21,22). The van der Waals surface area contributed by atoms with E-state index in [0.717, 1.165) is 44.3 Å². The molecule has 2 aromatic rings. The number of aryl methyl sites for hydroxylation is 2. The number of H-pyrrole nitrogens is 1. The van der Waals surface area contributed by atoms with Crippen molar-refractivity contribution in [1.29, 1.82) is 0 Å². The number of amides is 1. The monoisotopic (exact) mass is 323 g/mol. The summed E-state index contributed by atoms with van der Waals surface area (Å²) in [6, 6.07) is 10.7. The normalized spacial score (nSPS) is 20.2. The molecule has 0 saturated carbocycles. The van der Waals surface area contributed by atoms with Gasteiger partial charge >= 0.3 is 0 Å². The predicted molar refractivity (Wildman–Crippen MR) is 93.7 cm³/mol. The fourth-order valence-corrected chi connectivity index (χ4v) is 4.21. The molecule has 1 saturated heterocycles. The van der Waals surface area contributed by atoms with Crippen LogP contribution in [0, 0.1) is 0 Å². The van der Waals surface area contributed by atoms with E-state index in [1.54, 1.807) is 0 Å². The molecule has 0 bridgehead atoms. The molecule has 1 atom stereocenters. The van der Waals surface area contributed by atoms with Gasteiger partial charge in [-0.2, -0.15) is 5.10 Å². The number of carbonyl (C=O) groups excluding carboxylic acids is 1. The molecule has 1 aliphatic carbocycles. The van der Waals surface area contributed by atoms with Crippen LogP contribution < -0.4 is 0 Å². The van der Waals surface area contributed by atoms with Crippen LogP contribution in [0.1, 0.15) is 60.7 Å². The third kappa shape index (κ3) is 2.97. The first kappa shape index (κ1) is 15.4. The van der Waals surface area contributed by atoms with Gasteiger partial charge in [0.25, 0.3) is 0 Å². The van der Waals surface area contributed by atoms with Crippen LogP contribution in [0.15, 0.2) is 30.3 Å². The third-order valence-corrected chi connectivity index (χ3v) is 5.48. The maximum atomic E-state index is 12.8. The second-order valence-electron chi connectivity index (χ2n) is 6.99. The minimum Gasteiger partial charge on any atom is -0.336 e. The molecule has 0 radical (unpaired) electrons. The van der Waals surface area contributed by atoms with Crippen molar-refractivity contribution >= 4 is 5.91 Å². The molecule has 24 heavy (non-hydrogen) atoms. The van der Waals surface area contributed by atoms with Gasteiger partial charge in [-0.05, 0) is 49.7 Å². The minimum atomic E-state index is 0.256. The third-order valence-electron chi connectivity index (χ3n) is 5.48. The summed E-state index contributed by atoms with van der Waals surface area (Å²) in [6.07, 6.45) is 8.24. The Morgan fingerprint density at radius 3 is 2.88 bits per heavy atom. The zero-order chi connectivity index (χ0) is 16.4. The number of benzene rings is 1. The largest absolute Gasteiger partial charge is 0.336 e. The van der Waals surface area contributed by atoms with Crippen molar-refractivity contribution in [2.24, 2.45) is 0 Å². The van der Waals surface area contributed by atoms with Crippen molar-refractivity contribution in [3.8, 4) is 0 Å². The van der Waals surface area contributed by atoms with Gasteiger partial charge in [-0.15, -0.1) is 0 Å². The highest BCUT2D eigenvalue weighted by Gasteiger charge is 2.29. The van der Waals surface area contributed by atoms with Crippen molar-refractivity contribution in [2.75, 3.05) is 6.54 Å². The number of likely N-dealkylation sites (tertiary alicyclic amines) is 1. The van der Waals surface area contributed by atoms with Crippen molar-refractivity contribution in [1.82, 2.24) is 15.1 Å². The Morgan fingerprint density at radius 2 is 2.00 bits per heavy atom. The Labute approximate surface area is 143 Å². The number of rotatable bonds is 4. The van der Waals surface area contributed by atoms with Gasteiger partial charge < -0.3 is 4.90 Å². The van der Waals surface area contributed by atoms with Gasteiger partial charge in [-0.3, -0.25) is 9.89 Å². The number of nitrogens with one attached hydrogen (secondary N) is 1. The Balaban J connectivity index is 1.42. The predicted octanol–water partition coefficient (Wildman–Crippen LogP) is 3.58. The van der Waals surface area contributed by atoms with E-state index in [9.17, 15) is 4.79 Å². The summed E-state index contributed by atoms with van der Waals surface area (Å²) in [5.74, 6) is 0.272. The van der Waals surface area contributed by atoms with Gasteiger partial charge in [0, 0.05) is 25.1 Å². The van der Waals surface area contributed by atoms with Crippen molar-refractivity contribution < 1.29 is 4.79 Å². The first-order valence-corrected chi connectivity index (χ1v) is 9.22. The highest BCUT2D eigenvalue weighted by atomic mass is 16.2. The first-order chi connectivity index (χ1) is 11.8. The minimum absolute atomic E-state index is 0.256. The zero-order valence-corrected chi connectivity index (χ0v) is 14.1.